The largest absolute Gasteiger partial charge is 0.478 e. The molecule has 0 unspecified atom stereocenters. The molecule has 2 aromatic rings. The number of fused-ring (bicyclic) bond motifs is 1. The third kappa shape index (κ3) is 1.67. The Balaban J connectivity index is 2.71. The molecule has 2 rings (SSSR count). The molecule has 0 spiro atoms. The fourth-order valence-corrected chi connectivity index (χ4v) is 1.87. The molecule has 2 N–H and O–H groups in total. The molecule has 1 heterocycles. The van der Waals surface area contributed by atoms with Gasteiger partial charge in [0, 0.05) is 23.6 Å². The molecule has 84 valence electrons. The number of benzene rings is 1. The summed E-state index contributed by atoms with van der Waals surface area (Å²) in [6.45, 7) is 2.36. The van der Waals surface area contributed by atoms with Crippen molar-refractivity contribution in [3.8, 4) is 0 Å². The van der Waals surface area contributed by atoms with Crippen molar-refractivity contribution in [1.29, 1.82) is 0 Å². The minimum Gasteiger partial charge on any atom is -0.478 e. The molecule has 0 bridgehead atoms. The Labute approximate surface area is 92.7 Å². The highest BCUT2D eigenvalue weighted by Crippen LogP contribution is 2.22. The predicted molar refractivity (Wildman–Crippen MR) is 60.7 cm³/mol. The smallest absolute Gasteiger partial charge is 0.337 e. The standard InChI is InChI=1S/C12H13NO3/c1-8-2-3-9-10(12(15)16)7-13(4-5-14)11(9)6-8/h2-3,6-7,14H,4-5H2,1H3,(H,15,16). The first-order valence-electron chi connectivity index (χ1n) is 5.07. The lowest BCUT2D eigenvalue weighted by atomic mass is 10.1. The maximum Gasteiger partial charge on any atom is 0.337 e. The van der Waals surface area contributed by atoms with Crippen LogP contribution in [0, 0.1) is 6.92 Å². The maximum absolute atomic E-state index is 11.0. The van der Waals surface area contributed by atoms with Gasteiger partial charge in [-0.25, -0.2) is 4.79 Å². The highest BCUT2D eigenvalue weighted by Gasteiger charge is 2.13. The second-order valence-corrected chi connectivity index (χ2v) is 3.79. The Bertz CT molecular complexity index is 542. The quantitative estimate of drug-likeness (QED) is 0.824. The van der Waals surface area contributed by atoms with E-state index in [9.17, 15) is 4.79 Å². The van der Waals surface area contributed by atoms with Crippen LogP contribution in [0.15, 0.2) is 24.4 Å². The second-order valence-electron chi connectivity index (χ2n) is 3.79. The number of aliphatic hydroxyl groups is 1. The Morgan fingerprint density at radius 3 is 2.81 bits per heavy atom. The molecule has 4 nitrogen and oxygen atoms in total. The number of hydrogen-bond acceptors (Lipinski definition) is 2. The van der Waals surface area contributed by atoms with Gasteiger partial charge in [0.05, 0.1) is 12.2 Å². The fourth-order valence-electron chi connectivity index (χ4n) is 1.87. The van der Waals surface area contributed by atoms with Crippen LogP contribution in [0.25, 0.3) is 10.9 Å². The third-order valence-electron chi connectivity index (χ3n) is 2.61. The zero-order valence-electron chi connectivity index (χ0n) is 8.97. The van der Waals surface area contributed by atoms with Gasteiger partial charge in [0.2, 0.25) is 0 Å². The summed E-state index contributed by atoms with van der Waals surface area (Å²) in [5, 5.41) is 18.7. The molecule has 0 saturated heterocycles. The number of aromatic nitrogens is 1. The minimum absolute atomic E-state index is 0.00319. The van der Waals surface area contributed by atoms with Crippen LogP contribution in [0.5, 0.6) is 0 Å². The number of aromatic carboxylic acids is 1. The normalized spacial score (nSPS) is 10.9. The molecule has 4 heteroatoms. The van der Waals surface area contributed by atoms with E-state index < -0.39 is 5.97 Å². The minimum atomic E-state index is -0.939. The van der Waals surface area contributed by atoms with Gasteiger partial charge in [-0.3, -0.25) is 0 Å². The van der Waals surface area contributed by atoms with E-state index in [2.05, 4.69) is 0 Å². The monoisotopic (exact) mass is 219 g/mol. The molecule has 0 aliphatic heterocycles. The van der Waals surface area contributed by atoms with Crippen LogP contribution in [0.2, 0.25) is 0 Å². The van der Waals surface area contributed by atoms with Crippen molar-refractivity contribution in [2.75, 3.05) is 6.61 Å². The van der Waals surface area contributed by atoms with Gasteiger partial charge < -0.3 is 14.8 Å². The first kappa shape index (κ1) is 10.7. The van der Waals surface area contributed by atoms with E-state index in [0.29, 0.717) is 11.9 Å². The summed E-state index contributed by atoms with van der Waals surface area (Å²) < 4.78 is 1.77. The SMILES string of the molecule is Cc1ccc2c(C(=O)O)cn(CCO)c2c1. The van der Waals surface area contributed by atoms with Gasteiger partial charge in [-0.2, -0.15) is 0 Å². The highest BCUT2D eigenvalue weighted by atomic mass is 16.4. The number of aryl methyl sites for hydroxylation is 1. The zero-order valence-corrected chi connectivity index (χ0v) is 8.97. The maximum atomic E-state index is 11.0. The van der Waals surface area contributed by atoms with Crippen LogP contribution in [0.3, 0.4) is 0 Å². The van der Waals surface area contributed by atoms with Crippen LogP contribution < -0.4 is 0 Å². The highest BCUT2D eigenvalue weighted by molar-refractivity contribution is 6.03. The zero-order chi connectivity index (χ0) is 11.7. The molecule has 1 aromatic carbocycles. The van der Waals surface area contributed by atoms with Crippen molar-refractivity contribution in [3.05, 3.63) is 35.5 Å². The van der Waals surface area contributed by atoms with Crippen molar-refractivity contribution in [3.63, 3.8) is 0 Å². The first-order valence-corrected chi connectivity index (χ1v) is 5.07. The summed E-state index contributed by atoms with van der Waals surface area (Å²) in [7, 11) is 0. The van der Waals surface area contributed by atoms with E-state index in [-0.39, 0.29) is 12.2 Å². The first-order chi connectivity index (χ1) is 7.63. The molecule has 0 radical (unpaired) electrons. The topological polar surface area (TPSA) is 62.5 Å². The van der Waals surface area contributed by atoms with Crippen LogP contribution >= 0.6 is 0 Å². The molecule has 0 aliphatic rings. The van der Waals surface area contributed by atoms with Gasteiger partial charge in [0.25, 0.3) is 0 Å². The lowest BCUT2D eigenvalue weighted by molar-refractivity contribution is 0.0698. The molecular weight excluding hydrogens is 206 g/mol. The summed E-state index contributed by atoms with van der Waals surface area (Å²) in [6.07, 6.45) is 1.57. The average Bonchev–Trinajstić information content (AvgIpc) is 2.58. The van der Waals surface area contributed by atoms with Crippen LogP contribution in [-0.2, 0) is 6.54 Å². The van der Waals surface area contributed by atoms with Crippen molar-refractivity contribution in [2.45, 2.75) is 13.5 Å². The van der Waals surface area contributed by atoms with Crippen LogP contribution in [-0.4, -0.2) is 27.4 Å². The Kier molecular flexibility index (Phi) is 2.66. The fraction of sp³-hybridized carbons (Fsp3) is 0.250. The summed E-state index contributed by atoms with van der Waals surface area (Å²) in [5.41, 5.74) is 2.21. The molecule has 0 aliphatic carbocycles. The second kappa shape index (κ2) is 3.98. The third-order valence-corrected chi connectivity index (χ3v) is 2.61. The predicted octanol–water partition coefficient (Wildman–Crippen LogP) is 1.64. The van der Waals surface area contributed by atoms with Gasteiger partial charge in [-0.05, 0) is 18.6 Å². The lowest BCUT2D eigenvalue weighted by Gasteiger charge is -2.02. The number of nitrogens with zero attached hydrogens (tertiary/aromatic N) is 1. The van der Waals surface area contributed by atoms with Crippen LogP contribution in [0.1, 0.15) is 15.9 Å². The van der Waals surface area contributed by atoms with E-state index in [1.165, 1.54) is 0 Å². The van der Waals surface area contributed by atoms with Gasteiger partial charge in [-0.15, -0.1) is 0 Å². The van der Waals surface area contributed by atoms with Crippen LogP contribution in [0.4, 0.5) is 0 Å². The van der Waals surface area contributed by atoms with E-state index in [4.69, 9.17) is 10.2 Å². The number of aliphatic hydroxyl groups excluding tert-OH is 1. The number of rotatable bonds is 3. The Morgan fingerprint density at radius 2 is 2.19 bits per heavy atom. The molecule has 1 aromatic heterocycles. The van der Waals surface area contributed by atoms with Crippen molar-refractivity contribution < 1.29 is 15.0 Å². The summed E-state index contributed by atoms with van der Waals surface area (Å²) >= 11 is 0. The molecule has 16 heavy (non-hydrogen) atoms. The van der Waals surface area contributed by atoms with E-state index >= 15 is 0 Å². The number of hydrogen-bond donors (Lipinski definition) is 2. The summed E-state index contributed by atoms with van der Waals surface area (Å²) in [6, 6.07) is 5.62. The van der Waals surface area contributed by atoms with E-state index in [1.54, 1.807) is 10.8 Å². The van der Waals surface area contributed by atoms with Gasteiger partial charge >= 0.3 is 5.97 Å². The van der Waals surface area contributed by atoms with E-state index in [1.807, 2.05) is 25.1 Å². The average molecular weight is 219 g/mol. The van der Waals surface area contributed by atoms with Gasteiger partial charge in [0.15, 0.2) is 0 Å². The molecule has 0 amide bonds. The van der Waals surface area contributed by atoms with Crippen molar-refractivity contribution in [2.24, 2.45) is 0 Å². The number of carboxylic acids is 1. The molecule has 0 saturated carbocycles. The summed E-state index contributed by atoms with van der Waals surface area (Å²) in [4.78, 5) is 11.0. The molecule has 0 atom stereocenters. The number of carboxylic acid groups (broad SMARTS) is 1. The summed E-state index contributed by atoms with van der Waals surface area (Å²) in [5.74, 6) is -0.939. The van der Waals surface area contributed by atoms with Gasteiger partial charge in [-0.1, -0.05) is 12.1 Å². The van der Waals surface area contributed by atoms with Crippen molar-refractivity contribution >= 4 is 16.9 Å². The molecular formula is C12H13NO3. The van der Waals surface area contributed by atoms with Crippen molar-refractivity contribution in [1.82, 2.24) is 4.57 Å². The Hall–Kier alpha value is -1.81. The lowest BCUT2D eigenvalue weighted by Crippen LogP contribution is -2.00. The number of carbonyl (C=O) groups is 1. The Morgan fingerprint density at radius 1 is 1.44 bits per heavy atom. The molecule has 0 fully saturated rings. The van der Waals surface area contributed by atoms with E-state index in [0.717, 1.165) is 11.1 Å². The van der Waals surface area contributed by atoms with Gasteiger partial charge in [0.1, 0.15) is 0 Å².